The normalized spacial score (nSPS) is 19.3. The molecule has 1 saturated heterocycles. The van der Waals surface area contributed by atoms with E-state index in [0.717, 1.165) is 36.3 Å². The van der Waals surface area contributed by atoms with Gasteiger partial charge < -0.3 is 19.6 Å². The van der Waals surface area contributed by atoms with Crippen molar-refractivity contribution in [1.82, 2.24) is 15.2 Å². The van der Waals surface area contributed by atoms with Gasteiger partial charge in [0.2, 0.25) is 5.89 Å². The lowest BCUT2D eigenvalue weighted by molar-refractivity contribution is 0.0478. The van der Waals surface area contributed by atoms with Crippen LogP contribution in [-0.2, 0) is 0 Å². The highest BCUT2D eigenvalue weighted by atomic mass is 16.5. The Bertz CT molecular complexity index is 881. The highest BCUT2D eigenvalue weighted by molar-refractivity contribution is 5.77. The quantitative estimate of drug-likeness (QED) is 0.698. The number of aliphatic hydroxyl groups excluding tert-OH is 1. The highest BCUT2D eigenvalue weighted by Crippen LogP contribution is 2.26. The van der Waals surface area contributed by atoms with Gasteiger partial charge in [0.25, 0.3) is 0 Å². The minimum Gasteiger partial charge on any atom is -0.491 e. The van der Waals surface area contributed by atoms with Crippen LogP contribution in [0.3, 0.4) is 0 Å². The Kier molecular flexibility index (Phi) is 5.38. The Morgan fingerprint density at radius 2 is 2.15 bits per heavy atom. The standard InChI is InChI=1S/C21H25N3O3/c1-15-12-22-9-10-24(15)13-17(25)14-26-18-7-8-20-19(11-18)23-21(27-20)16-5-3-2-4-6-16/h2-8,11,15,17,22,25H,9-10,12-14H2,1H3/t15-,17-/m0/s1. The van der Waals surface area contributed by atoms with Crippen LogP contribution in [0.4, 0.5) is 0 Å². The fourth-order valence-corrected chi connectivity index (χ4v) is 3.37. The minimum absolute atomic E-state index is 0.256. The molecule has 2 heterocycles. The molecule has 0 spiro atoms. The van der Waals surface area contributed by atoms with Crippen molar-refractivity contribution in [2.45, 2.75) is 19.1 Å². The first kappa shape index (κ1) is 18.0. The second-order valence-corrected chi connectivity index (χ2v) is 7.03. The average Bonchev–Trinajstić information content (AvgIpc) is 3.12. The molecule has 2 aromatic carbocycles. The topological polar surface area (TPSA) is 70.8 Å². The van der Waals surface area contributed by atoms with Crippen molar-refractivity contribution in [1.29, 1.82) is 0 Å². The van der Waals surface area contributed by atoms with E-state index in [1.54, 1.807) is 0 Å². The molecule has 3 aromatic rings. The van der Waals surface area contributed by atoms with Gasteiger partial charge in [-0.25, -0.2) is 4.98 Å². The van der Waals surface area contributed by atoms with E-state index in [1.807, 2.05) is 48.5 Å². The summed E-state index contributed by atoms with van der Waals surface area (Å²) in [5.74, 6) is 1.28. The summed E-state index contributed by atoms with van der Waals surface area (Å²) in [7, 11) is 0. The molecule has 2 N–H and O–H groups in total. The smallest absolute Gasteiger partial charge is 0.227 e. The fourth-order valence-electron chi connectivity index (χ4n) is 3.37. The van der Waals surface area contributed by atoms with Gasteiger partial charge in [-0.15, -0.1) is 0 Å². The third-order valence-corrected chi connectivity index (χ3v) is 4.91. The Morgan fingerprint density at radius 3 is 2.96 bits per heavy atom. The van der Waals surface area contributed by atoms with Gasteiger partial charge in [0, 0.05) is 43.9 Å². The molecule has 6 nitrogen and oxygen atoms in total. The van der Waals surface area contributed by atoms with Gasteiger partial charge in [-0.2, -0.15) is 0 Å². The van der Waals surface area contributed by atoms with E-state index in [-0.39, 0.29) is 6.61 Å². The number of piperazine rings is 1. The van der Waals surface area contributed by atoms with E-state index >= 15 is 0 Å². The number of aliphatic hydroxyl groups is 1. The van der Waals surface area contributed by atoms with Crippen molar-refractivity contribution in [2.24, 2.45) is 0 Å². The van der Waals surface area contributed by atoms with Gasteiger partial charge in [-0.1, -0.05) is 18.2 Å². The summed E-state index contributed by atoms with van der Waals surface area (Å²) in [5, 5.41) is 13.7. The number of hydrogen-bond acceptors (Lipinski definition) is 6. The number of β-amino-alcohol motifs (C(OH)–C–C–N with tert-alkyl or cyclic N) is 1. The largest absolute Gasteiger partial charge is 0.491 e. The lowest BCUT2D eigenvalue weighted by Gasteiger charge is -2.35. The van der Waals surface area contributed by atoms with Crippen LogP contribution in [0.2, 0.25) is 0 Å². The number of fused-ring (bicyclic) bond motifs is 1. The van der Waals surface area contributed by atoms with Crippen LogP contribution in [0.1, 0.15) is 6.92 Å². The molecule has 1 fully saturated rings. The maximum absolute atomic E-state index is 10.3. The first-order valence-corrected chi connectivity index (χ1v) is 9.41. The maximum atomic E-state index is 10.3. The third-order valence-electron chi connectivity index (χ3n) is 4.91. The monoisotopic (exact) mass is 367 g/mol. The first-order valence-electron chi connectivity index (χ1n) is 9.41. The zero-order valence-electron chi connectivity index (χ0n) is 15.5. The summed E-state index contributed by atoms with van der Waals surface area (Å²) in [6, 6.07) is 15.8. The van der Waals surface area contributed by atoms with E-state index in [1.165, 1.54) is 0 Å². The molecule has 0 radical (unpaired) electrons. The van der Waals surface area contributed by atoms with Crippen molar-refractivity contribution in [3.8, 4) is 17.2 Å². The predicted molar refractivity (Wildman–Crippen MR) is 105 cm³/mol. The van der Waals surface area contributed by atoms with Crippen molar-refractivity contribution in [3.05, 3.63) is 48.5 Å². The predicted octanol–water partition coefficient (Wildman–Crippen LogP) is 2.53. The third kappa shape index (κ3) is 4.30. The van der Waals surface area contributed by atoms with Gasteiger partial charge >= 0.3 is 0 Å². The molecule has 1 aromatic heterocycles. The second kappa shape index (κ2) is 8.08. The molecular formula is C21H25N3O3. The summed E-state index contributed by atoms with van der Waals surface area (Å²) in [6.45, 7) is 5.91. The Balaban J connectivity index is 1.39. The number of oxazole rings is 1. The fraction of sp³-hybridized carbons (Fsp3) is 0.381. The molecule has 6 heteroatoms. The molecule has 0 unspecified atom stereocenters. The lowest BCUT2D eigenvalue weighted by Crippen LogP contribution is -2.52. The lowest BCUT2D eigenvalue weighted by atomic mass is 10.2. The second-order valence-electron chi connectivity index (χ2n) is 7.03. The SMILES string of the molecule is C[C@H]1CNCCN1C[C@H](O)COc1ccc2oc(-c3ccccc3)nc2c1. The molecule has 0 bridgehead atoms. The Hall–Kier alpha value is -2.41. The Labute approximate surface area is 158 Å². The zero-order chi connectivity index (χ0) is 18.6. The summed E-state index contributed by atoms with van der Waals surface area (Å²) < 4.78 is 11.6. The molecular weight excluding hydrogens is 342 g/mol. The van der Waals surface area contributed by atoms with Crippen LogP contribution < -0.4 is 10.1 Å². The summed E-state index contributed by atoms with van der Waals surface area (Å²) >= 11 is 0. The molecule has 142 valence electrons. The van der Waals surface area contributed by atoms with Crippen LogP contribution in [0.5, 0.6) is 5.75 Å². The van der Waals surface area contributed by atoms with Gasteiger partial charge in [-0.3, -0.25) is 4.90 Å². The first-order chi connectivity index (χ1) is 13.2. The van der Waals surface area contributed by atoms with Gasteiger partial charge in [0.1, 0.15) is 24.0 Å². The Morgan fingerprint density at radius 1 is 1.30 bits per heavy atom. The van der Waals surface area contributed by atoms with Crippen LogP contribution in [0, 0.1) is 0 Å². The number of nitrogens with zero attached hydrogens (tertiary/aromatic N) is 2. The van der Waals surface area contributed by atoms with Gasteiger partial charge in [0.05, 0.1) is 0 Å². The molecule has 0 saturated carbocycles. The molecule has 0 amide bonds. The molecule has 2 atom stereocenters. The minimum atomic E-state index is -0.529. The van der Waals surface area contributed by atoms with E-state index < -0.39 is 6.10 Å². The molecule has 27 heavy (non-hydrogen) atoms. The summed E-state index contributed by atoms with van der Waals surface area (Å²) in [4.78, 5) is 6.84. The number of rotatable bonds is 6. The summed E-state index contributed by atoms with van der Waals surface area (Å²) in [5.41, 5.74) is 2.41. The van der Waals surface area contributed by atoms with Crippen molar-refractivity contribution in [3.63, 3.8) is 0 Å². The molecule has 0 aliphatic carbocycles. The van der Waals surface area contributed by atoms with E-state index in [2.05, 4.69) is 22.1 Å². The maximum Gasteiger partial charge on any atom is 0.227 e. The van der Waals surface area contributed by atoms with Crippen LogP contribution in [0.25, 0.3) is 22.6 Å². The van der Waals surface area contributed by atoms with E-state index in [0.29, 0.717) is 24.2 Å². The number of benzene rings is 2. The number of aromatic nitrogens is 1. The van der Waals surface area contributed by atoms with Crippen LogP contribution in [-0.4, -0.2) is 59.9 Å². The number of hydrogen-bond donors (Lipinski definition) is 2. The van der Waals surface area contributed by atoms with Crippen molar-refractivity contribution >= 4 is 11.1 Å². The average molecular weight is 367 g/mol. The van der Waals surface area contributed by atoms with E-state index in [4.69, 9.17) is 9.15 Å². The van der Waals surface area contributed by atoms with E-state index in [9.17, 15) is 5.11 Å². The van der Waals surface area contributed by atoms with Crippen LogP contribution in [0.15, 0.2) is 52.9 Å². The molecule has 1 aliphatic heterocycles. The van der Waals surface area contributed by atoms with Crippen molar-refractivity contribution < 1.29 is 14.3 Å². The van der Waals surface area contributed by atoms with Crippen LogP contribution >= 0.6 is 0 Å². The number of ether oxygens (including phenoxy) is 1. The molecule has 4 rings (SSSR count). The highest BCUT2D eigenvalue weighted by Gasteiger charge is 2.20. The van der Waals surface area contributed by atoms with Crippen molar-refractivity contribution in [2.75, 3.05) is 32.8 Å². The summed E-state index contributed by atoms with van der Waals surface area (Å²) in [6.07, 6.45) is -0.529. The van der Waals surface area contributed by atoms with Gasteiger partial charge in [-0.05, 0) is 31.2 Å². The molecule has 1 aliphatic rings. The number of nitrogens with one attached hydrogen (secondary N) is 1. The van der Waals surface area contributed by atoms with Gasteiger partial charge in [0.15, 0.2) is 5.58 Å². The zero-order valence-corrected chi connectivity index (χ0v) is 15.5.